The van der Waals surface area contributed by atoms with E-state index < -0.39 is 0 Å². The van der Waals surface area contributed by atoms with Crippen molar-refractivity contribution in [1.82, 2.24) is 0 Å². The summed E-state index contributed by atoms with van der Waals surface area (Å²) >= 11 is 0. The van der Waals surface area contributed by atoms with Gasteiger partial charge in [0.1, 0.15) is 0 Å². The summed E-state index contributed by atoms with van der Waals surface area (Å²) in [5.41, 5.74) is 0. The first-order chi connectivity index (χ1) is 9.26. The molecular weight excluding hydrogens is 236 g/mol. The Labute approximate surface area is 120 Å². The maximum atomic E-state index is 11.9. The highest BCUT2D eigenvalue weighted by Crippen LogP contribution is 2.18. The van der Waals surface area contributed by atoms with Gasteiger partial charge < -0.3 is 4.74 Å². The van der Waals surface area contributed by atoms with Gasteiger partial charge in [-0.1, -0.05) is 72.1 Å². The van der Waals surface area contributed by atoms with E-state index >= 15 is 0 Å². The van der Waals surface area contributed by atoms with Crippen LogP contribution in [0.25, 0.3) is 0 Å². The van der Waals surface area contributed by atoms with Crippen LogP contribution in [-0.4, -0.2) is 12.6 Å². The second-order valence-corrected chi connectivity index (χ2v) is 5.56. The molecule has 0 N–H and O–H groups in total. The lowest BCUT2D eigenvalue weighted by Gasteiger charge is -2.14. The molecule has 19 heavy (non-hydrogen) atoms. The van der Waals surface area contributed by atoms with Crippen LogP contribution < -0.4 is 0 Å². The third-order valence-electron chi connectivity index (χ3n) is 3.58. The second kappa shape index (κ2) is 13.9. The van der Waals surface area contributed by atoms with Gasteiger partial charge in [0.25, 0.3) is 0 Å². The largest absolute Gasteiger partial charge is 0.465 e. The molecular formula is C17H34O2. The van der Waals surface area contributed by atoms with Crippen molar-refractivity contribution >= 4 is 5.97 Å². The summed E-state index contributed by atoms with van der Waals surface area (Å²) in [5, 5.41) is 0. The first-order valence-corrected chi connectivity index (χ1v) is 8.42. The topological polar surface area (TPSA) is 26.3 Å². The van der Waals surface area contributed by atoms with E-state index in [9.17, 15) is 4.79 Å². The van der Waals surface area contributed by atoms with E-state index in [1.807, 2.05) is 6.92 Å². The van der Waals surface area contributed by atoms with Gasteiger partial charge in [-0.25, -0.2) is 0 Å². The molecule has 1 atom stereocenters. The summed E-state index contributed by atoms with van der Waals surface area (Å²) in [4.78, 5) is 11.9. The molecule has 0 heterocycles. The average Bonchev–Trinajstić information content (AvgIpc) is 2.42. The molecule has 0 aliphatic rings. The Morgan fingerprint density at radius 1 is 0.789 bits per heavy atom. The summed E-state index contributed by atoms with van der Waals surface area (Å²) in [5.74, 6) is 0.182. The van der Waals surface area contributed by atoms with Crippen LogP contribution in [0.15, 0.2) is 0 Å². The SMILES string of the molecule is CCCCCCCCCC(CCC)C(=O)OCCC. The summed E-state index contributed by atoms with van der Waals surface area (Å²) in [6.07, 6.45) is 13.2. The van der Waals surface area contributed by atoms with E-state index in [-0.39, 0.29) is 11.9 Å². The number of rotatable bonds is 13. The van der Waals surface area contributed by atoms with Crippen molar-refractivity contribution in [3.63, 3.8) is 0 Å². The summed E-state index contributed by atoms with van der Waals surface area (Å²) in [7, 11) is 0. The van der Waals surface area contributed by atoms with Gasteiger partial charge >= 0.3 is 5.97 Å². The molecule has 0 saturated heterocycles. The fraction of sp³-hybridized carbons (Fsp3) is 0.941. The Balaban J connectivity index is 3.66. The minimum atomic E-state index is 0.0367. The Bertz CT molecular complexity index is 201. The number of ether oxygens (including phenoxy) is 1. The summed E-state index contributed by atoms with van der Waals surface area (Å²) in [6.45, 7) is 7.01. The molecule has 0 bridgehead atoms. The number of carbonyl (C=O) groups excluding carboxylic acids is 1. The maximum Gasteiger partial charge on any atom is 0.308 e. The third kappa shape index (κ3) is 11.0. The van der Waals surface area contributed by atoms with Crippen LogP contribution in [0.5, 0.6) is 0 Å². The molecule has 0 amide bonds. The first-order valence-electron chi connectivity index (χ1n) is 8.42. The number of carbonyl (C=O) groups is 1. The van der Waals surface area contributed by atoms with Gasteiger partial charge in [0.15, 0.2) is 0 Å². The fourth-order valence-electron chi connectivity index (χ4n) is 2.40. The molecule has 2 heteroatoms. The van der Waals surface area contributed by atoms with Crippen LogP contribution in [0, 0.1) is 5.92 Å². The van der Waals surface area contributed by atoms with Crippen LogP contribution in [0.4, 0.5) is 0 Å². The Morgan fingerprint density at radius 2 is 1.42 bits per heavy atom. The normalized spacial score (nSPS) is 12.4. The number of hydrogen-bond acceptors (Lipinski definition) is 2. The molecule has 0 fully saturated rings. The van der Waals surface area contributed by atoms with Gasteiger partial charge in [0, 0.05) is 0 Å². The monoisotopic (exact) mass is 270 g/mol. The van der Waals surface area contributed by atoms with Gasteiger partial charge in [-0.15, -0.1) is 0 Å². The van der Waals surface area contributed by atoms with E-state index in [0.717, 1.165) is 25.7 Å². The van der Waals surface area contributed by atoms with Gasteiger partial charge in [-0.3, -0.25) is 4.79 Å². The molecule has 0 aromatic rings. The summed E-state index contributed by atoms with van der Waals surface area (Å²) in [6, 6.07) is 0. The van der Waals surface area contributed by atoms with Crippen molar-refractivity contribution in [2.75, 3.05) is 6.61 Å². The lowest BCUT2D eigenvalue weighted by atomic mass is 9.96. The van der Waals surface area contributed by atoms with E-state index in [1.165, 1.54) is 44.9 Å². The minimum absolute atomic E-state index is 0.0367. The standard InChI is InChI=1S/C17H34O2/c1-4-7-8-9-10-11-12-14-16(13-5-2)17(18)19-15-6-3/h16H,4-15H2,1-3H3. The Kier molecular flexibility index (Phi) is 13.5. The van der Waals surface area contributed by atoms with Crippen molar-refractivity contribution in [2.24, 2.45) is 5.92 Å². The highest BCUT2D eigenvalue weighted by atomic mass is 16.5. The van der Waals surface area contributed by atoms with E-state index in [1.54, 1.807) is 0 Å². The second-order valence-electron chi connectivity index (χ2n) is 5.56. The molecule has 0 rings (SSSR count). The molecule has 0 spiro atoms. The maximum absolute atomic E-state index is 11.9. The van der Waals surface area contributed by atoms with Crippen molar-refractivity contribution in [1.29, 1.82) is 0 Å². The molecule has 0 saturated carbocycles. The fourth-order valence-corrected chi connectivity index (χ4v) is 2.40. The van der Waals surface area contributed by atoms with Gasteiger partial charge in [-0.2, -0.15) is 0 Å². The minimum Gasteiger partial charge on any atom is -0.465 e. The average molecular weight is 270 g/mol. The predicted octanol–water partition coefficient (Wildman–Crippen LogP) is 5.50. The van der Waals surface area contributed by atoms with E-state index in [4.69, 9.17) is 4.74 Å². The van der Waals surface area contributed by atoms with Crippen LogP contribution in [0.2, 0.25) is 0 Å². The van der Waals surface area contributed by atoms with E-state index in [0.29, 0.717) is 6.61 Å². The van der Waals surface area contributed by atoms with Crippen LogP contribution in [0.1, 0.15) is 91.4 Å². The molecule has 0 aromatic carbocycles. The predicted molar refractivity (Wildman–Crippen MR) is 82.3 cm³/mol. The smallest absolute Gasteiger partial charge is 0.308 e. The quantitative estimate of drug-likeness (QED) is 0.326. The highest BCUT2D eigenvalue weighted by Gasteiger charge is 2.18. The molecule has 114 valence electrons. The lowest BCUT2D eigenvalue weighted by Crippen LogP contribution is -2.18. The highest BCUT2D eigenvalue weighted by molar-refractivity contribution is 5.72. The zero-order valence-electron chi connectivity index (χ0n) is 13.4. The number of esters is 1. The molecule has 2 nitrogen and oxygen atoms in total. The van der Waals surface area contributed by atoms with Crippen LogP contribution >= 0.6 is 0 Å². The first kappa shape index (κ1) is 18.5. The van der Waals surface area contributed by atoms with Gasteiger partial charge in [-0.05, 0) is 19.3 Å². The Morgan fingerprint density at radius 3 is 2.00 bits per heavy atom. The van der Waals surface area contributed by atoms with Crippen LogP contribution in [-0.2, 0) is 9.53 Å². The molecule has 0 aliphatic carbocycles. The molecule has 1 unspecified atom stereocenters. The molecule has 0 radical (unpaired) electrons. The molecule has 0 aromatic heterocycles. The zero-order chi connectivity index (χ0) is 14.3. The van der Waals surface area contributed by atoms with Gasteiger partial charge in [0.05, 0.1) is 12.5 Å². The number of unbranched alkanes of at least 4 members (excludes halogenated alkanes) is 6. The van der Waals surface area contributed by atoms with Crippen molar-refractivity contribution in [2.45, 2.75) is 91.4 Å². The van der Waals surface area contributed by atoms with Crippen molar-refractivity contribution in [3.8, 4) is 0 Å². The molecule has 0 aliphatic heterocycles. The van der Waals surface area contributed by atoms with Crippen LogP contribution in [0.3, 0.4) is 0 Å². The third-order valence-corrected chi connectivity index (χ3v) is 3.58. The van der Waals surface area contributed by atoms with E-state index in [2.05, 4.69) is 13.8 Å². The van der Waals surface area contributed by atoms with Crippen molar-refractivity contribution < 1.29 is 9.53 Å². The van der Waals surface area contributed by atoms with Crippen molar-refractivity contribution in [3.05, 3.63) is 0 Å². The Hall–Kier alpha value is -0.530. The lowest BCUT2D eigenvalue weighted by molar-refractivity contribution is -0.149. The zero-order valence-corrected chi connectivity index (χ0v) is 13.4. The number of hydrogen-bond donors (Lipinski definition) is 0. The van der Waals surface area contributed by atoms with Gasteiger partial charge in [0.2, 0.25) is 0 Å². The summed E-state index contributed by atoms with van der Waals surface area (Å²) < 4.78 is 5.28.